The van der Waals surface area contributed by atoms with E-state index in [4.69, 9.17) is 4.74 Å². The number of nitrogens with zero attached hydrogens (tertiary/aromatic N) is 2. The van der Waals surface area contributed by atoms with Crippen LogP contribution < -0.4 is 10.1 Å². The first kappa shape index (κ1) is 17.2. The fourth-order valence-corrected chi connectivity index (χ4v) is 2.68. The third kappa shape index (κ3) is 5.46. The summed E-state index contributed by atoms with van der Waals surface area (Å²) in [6.45, 7) is 1.21. The Kier molecular flexibility index (Phi) is 5.85. The fraction of sp³-hybridized carbons (Fsp3) is 0.158. The quantitative estimate of drug-likeness (QED) is 0.662. The van der Waals surface area contributed by atoms with Gasteiger partial charge < -0.3 is 10.1 Å². The topological polar surface area (TPSA) is 56.1 Å². The van der Waals surface area contributed by atoms with Crippen molar-refractivity contribution >= 4 is 21.8 Å². The number of ether oxygens (including phenoxy) is 1. The molecule has 0 fully saturated rings. The molecular weight excluding hydrogens is 382 g/mol. The van der Waals surface area contributed by atoms with Gasteiger partial charge in [-0.3, -0.25) is 9.48 Å². The van der Waals surface area contributed by atoms with Crippen LogP contribution in [0.1, 0.15) is 11.1 Å². The molecule has 0 saturated heterocycles. The SMILES string of the molecule is O=C(COc1cccc(Br)c1)NCc1ccc(Cn2cccn2)cc1. The molecule has 1 aromatic heterocycles. The number of benzene rings is 2. The molecule has 0 aliphatic rings. The number of hydrogen-bond acceptors (Lipinski definition) is 3. The largest absolute Gasteiger partial charge is 0.484 e. The molecule has 3 rings (SSSR count). The minimum atomic E-state index is -0.152. The van der Waals surface area contributed by atoms with Gasteiger partial charge in [0.1, 0.15) is 5.75 Å². The third-order valence-electron chi connectivity index (χ3n) is 3.58. The summed E-state index contributed by atoms with van der Waals surface area (Å²) in [4.78, 5) is 11.9. The van der Waals surface area contributed by atoms with Gasteiger partial charge in [-0.1, -0.05) is 46.3 Å². The highest BCUT2D eigenvalue weighted by Gasteiger charge is 2.04. The van der Waals surface area contributed by atoms with Crippen molar-refractivity contribution in [1.29, 1.82) is 0 Å². The van der Waals surface area contributed by atoms with E-state index >= 15 is 0 Å². The van der Waals surface area contributed by atoms with Crippen LogP contribution in [0.25, 0.3) is 0 Å². The average Bonchev–Trinajstić information content (AvgIpc) is 3.12. The second kappa shape index (κ2) is 8.48. The van der Waals surface area contributed by atoms with E-state index in [2.05, 4.69) is 26.3 Å². The molecular formula is C19H18BrN3O2. The number of carbonyl (C=O) groups is 1. The summed E-state index contributed by atoms with van der Waals surface area (Å²) in [5, 5.41) is 7.04. The van der Waals surface area contributed by atoms with Crippen LogP contribution >= 0.6 is 15.9 Å². The summed E-state index contributed by atoms with van der Waals surface area (Å²) in [7, 11) is 0. The minimum absolute atomic E-state index is 0.00612. The van der Waals surface area contributed by atoms with E-state index in [1.807, 2.05) is 65.5 Å². The van der Waals surface area contributed by atoms with E-state index < -0.39 is 0 Å². The molecule has 0 aliphatic carbocycles. The number of hydrogen-bond donors (Lipinski definition) is 1. The van der Waals surface area contributed by atoms with Crippen molar-refractivity contribution < 1.29 is 9.53 Å². The number of amides is 1. The third-order valence-corrected chi connectivity index (χ3v) is 4.08. The van der Waals surface area contributed by atoms with Crippen LogP contribution in [0, 0.1) is 0 Å². The molecule has 0 spiro atoms. The highest BCUT2D eigenvalue weighted by atomic mass is 79.9. The first-order valence-corrected chi connectivity index (χ1v) is 8.69. The van der Waals surface area contributed by atoms with Gasteiger partial charge in [0.05, 0.1) is 6.54 Å². The van der Waals surface area contributed by atoms with Crippen LogP contribution in [0.15, 0.2) is 71.5 Å². The lowest BCUT2D eigenvalue weighted by Crippen LogP contribution is -2.28. The van der Waals surface area contributed by atoms with Crippen molar-refractivity contribution in [2.24, 2.45) is 0 Å². The summed E-state index contributed by atoms with van der Waals surface area (Å²) >= 11 is 3.37. The lowest BCUT2D eigenvalue weighted by molar-refractivity contribution is -0.123. The molecule has 1 amide bonds. The molecule has 25 heavy (non-hydrogen) atoms. The Morgan fingerprint density at radius 1 is 1.12 bits per heavy atom. The average molecular weight is 400 g/mol. The van der Waals surface area contributed by atoms with Crippen LogP contribution in [0.2, 0.25) is 0 Å². The van der Waals surface area contributed by atoms with Gasteiger partial charge in [-0.15, -0.1) is 0 Å². The predicted octanol–water partition coefficient (Wildman–Crippen LogP) is 3.39. The van der Waals surface area contributed by atoms with Crippen molar-refractivity contribution in [3.05, 3.63) is 82.6 Å². The predicted molar refractivity (Wildman–Crippen MR) is 99.3 cm³/mol. The second-order valence-corrected chi connectivity index (χ2v) is 6.46. The maximum atomic E-state index is 11.9. The Balaban J connectivity index is 1.44. The van der Waals surface area contributed by atoms with Crippen molar-refractivity contribution in [3.63, 3.8) is 0 Å². The Morgan fingerprint density at radius 2 is 1.92 bits per heavy atom. The number of nitrogens with one attached hydrogen (secondary N) is 1. The number of carbonyl (C=O) groups excluding carboxylic acids is 1. The summed E-state index contributed by atoms with van der Waals surface area (Å²) in [6, 6.07) is 17.4. The molecule has 1 heterocycles. The molecule has 3 aromatic rings. The van der Waals surface area contributed by atoms with Gasteiger partial charge in [0.15, 0.2) is 6.61 Å². The van der Waals surface area contributed by atoms with Crippen LogP contribution in [-0.4, -0.2) is 22.3 Å². The van der Waals surface area contributed by atoms with Gasteiger partial charge in [0, 0.05) is 23.4 Å². The van der Waals surface area contributed by atoms with E-state index in [1.54, 1.807) is 6.20 Å². The Hall–Kier alpha value is -2.60. The molecule has 1 N–H and O–H groups in total. The molecule has 0 saturated carbocycles. The molecule has 0 bridgehead atoms. The van der Waals surface area contributed by atoms with E-state index in [1.165, 1.54) is 0 Å². The van der Waals surface area contributed by atoms with Gasteiger partial charge in [-0.25, -0.2) is 0 Å². The molecule has 0 radical (unpaired) electrons. The standard InChI is InChI=1S/C19H18BrN3O2/c20-17-3-1-4-18(11-17)25-14-19(24)21-12-15-5-7-16(8-6-15)13-23-10-2-9-22-23/h1-11H,12-14H2,(H,21,24). The van der Waals surface area contributed by atoms with E-state index in [9.17, 15) is 4.79 Å². The van der Waals surface area contributed by atoms with Crippen LogP contribution in [0.5, 0.6) is 5.75 Å². The van der Waals surface area contributed by atoms with Gasteiger partial charge in [0.2, 0.25) is 0 Å². The van der Waals surface area contributed by atoms with Crippen LogP contribution in [0.3, 0.4) is 0 Å². The maximum absolute atomic E-state index is 11.9. The normalized spacial score (nSPS) is 10.4. The van der Waals surface area contributed by atoms with Gasteiger partial charge in [0.25, 0.3) is 5.91 Å². The van der Waals surface area contributed by atoms with Gasteiger partial charge in [-0.2, -0.15) is 5.10 Å². The summed E-state index contributed by atoms with van der Waals surface area (Å²) in [5.41, 5.74) is 2.21. The van der Waals surface area contributed by atoms with Crippen LogP contribution in [-0.2, 0) is 17.9 Å². The molecule has 6 heteroatoms. The van der Waals surface area contributed by atoms with Crippen molar-refractivity contribution in [3.8, 4) is 5.75 Å². The van der Waals surface area contributed by atoms with E-state index in [0.717, 1.165) is 22.1 Å². The molecule has 0 unspecified atom stereocenters. The molecule has 128 valence electrons. The Labute approximate surface area is 154 Å². The minimum Gasteiger partial charge on any atom is -0.484 e. The monoisotopic (exact) mass is 399 g/mol. The van der Waals surface area contributed by atoms with Crippen LogP contribution in [0.4, 0.5) is 0 Å². The van der Waals surface area contributed by atoms with E-state index in [0.29, 0.717) is 12.3 Å². The molecule has 5 nitrogen and oxygen atoms in total. The van der Waals surface area contributed by atoms with Crippen molar-refractivity contribution in [2.75, 3.05) is 6.61 Å². The highest BCUT2D eigenvalue weighted by molar-refractivity contribution is 9.10. The number of aromatic nitrogens is 2. The zero-order valence-electron chi connectivity index (χ0n) is 13.6. The lowest BCUT2D eigenvalue weighted by atomic mass is 10.1. The van der Waals surface area contributed by atoms with E-state index in [-0.39, 0.29) is 12.5 Å². The summed E-state index contributed by atoms with van der Waals surface area (Å²) in [5.74, 6) is 0.507. The summed E-state index contributed by atoms with van der Waals surface area (Å²) < 4.78 is 8.25. The first-order valence-electron chi connectivity index (χ1n) is 7.89. The van der Waals surface area contributed by atoms with Crippen molar-refractivity contribution in [2.45, 2.75) is 13.1 Å². The molecule has 0 atom stereocenters. The van der Waals surface area contributed by atoms with Crippen molar-refractivity contribution in [1.82, 2.24) is 15.1 Å². The molecule has 2 aromatic carbocycles. The first-order chi connectivity index (χ1) is 12.2. The number of rotatable bonds is 7. The zero-order chi connectivity index (χ0) is 17.5. The fourth-order valence-electron chi connectivity index (χ4n) is 2.30. The summed E-state index contributed by atoms with van der Waals surface area (Å²) in [6.07, 6.45) is 3.69. The maximum Gasteiger partial charge on any atom is 0.258 e. The van der Waals surface area contributed by atoms with Gasteiger partial charge in [-0.05, 0) is 35.4 Å². The highest BCUT2D eigenvalue weighted by Crippen LogP contribution is 2.17. The van der Waals surface area contributed by atoms with Gasteiger partial charge >= 0.3 is 0 Å². The number of halogens is 1. The Morgan fingerprint density at radius 3 is 2.64 bits per heavy atom. The second-order valence-electron chi connectivity index (χ2n) is 5.54. The smallest absolute Gasteiger partial charge is 0.258 e. The molecule has 0 aliphatic heterocycles. The zero-order valence-corrected chi connectivity index (χ0v) is 15.1. The lowest BCUT2D eigenvalue weighted by Gasteiger charge is -2.08. The Bertz CT molecular complexity index is 817.